The monoisotopic (exact) mass is 423 g/mol. The molecule has 3 aromatic rings. The van der Waals surface area contributed by atoms with Crippen LogP contribution >= 0.6 is 0 Å². The van der Waals surface area contributed by atoms with E-state index in [4.69, 9.17) is 11.5 Å². The molecule has 0 saturated heterocycles. The molecule has 0 aromatic heterocycles. The molecule has 1 aliphatic rings. The number of fused-ring (bicyclic) bond motifs is 2. The number of nitrogens with one attached hydrogen (secondary N) is 1. The van der Waals surface area contributed by atoms with Gasteiger partial charge < -0.3 is 16.8 Å². The molecule has 0 unspecified atom stereocenters. The van der Waals surface area contributed by atoms with Gasteiger partial charge in [-0.05, 0) is 17.7 Å². The highest BCUT2D eigenvalue weighted by molar-refractivity contribution is 7.86. The molecule has 0 heterocycles. The Morgan fingerprint density at radius 2 is 1.30 bits per heavy atom. The highest BCUT2D eigenvalue weighted by Crippen LogP contribution is 2.45. The van der Waals surface area contributed by atoms with Crippen molar-refractivity contribution in [2.24, 2.45) is 0 Å². The first-order valence-electron chi connectivity index (χ1n) is 8.85. The molecule has 0 fully saturated rings. The fourth-order valence-electron chi connectivity index (χ4n) is 3.76. The Bertz CT molecular complexity index is 1350. The van der Waals surface area contributed by atoms with Gasteiger partial charge in [0.2, 0.25) is 0 Å². The molecule has 6 N–H and O–H groups in total. The van der Waals surface area contributed by atoms with E-state index in [1.165, 1.54) is 12.1 Å². The first-order valence-corrected chi connectivity index (χ1v) is 10.3. The average Bonchev–Trinajstić information content (AvgIpc) is 2.71. The maximum Gasteiger partial charge on any atom is 0.298 e. The minimum absolute atomic E-state index is 0.0299. The standard InChI is InChI=1S/C21H17N3O5S/c1-24-11-8-6-10(7-9-11)14-15-16(18(23)21(17(14)22)30(27,28)29)20(26)13-5-3-2-4-12(13)19(15)25/h2-9,24H,22-23H2,1H3,(H,27,28,29). The minimum Gasteiger partial charge on any atom is -0.397 e. The highest BCUT2D eigenvalue weighted by atomic mass is 32.2. The molecule has 30 heavy (non-hydrogen) atoms. The number of nitrogens with two attached hydrogens (primary N) is 2. The first kappa shape index (κ1) is 19.6. The Morgan fingerprint density at radius 1 is 0.800 bits per heavy atom. The molecule has 3 aromatic carbocycles. The zero-order valence-electron chi connectivity index (χ0n) is 15.8. The Kier molecular flexibility index (Phi) is 4.37. The van der Waals surface area contributed by atoms with Gasteiger partial charge >= 0.3 is 0 Å². The van der Waals surface area contributed by atoms with E-state index in [-0.39, 0.29) is 27.8 Å². The van der Waals surface area contributed by atoms with Crippen molar-refractivity contribution in [1.82, 2.24) is 0 Å². The minimum atomic E-state index is -4.89. The van der Waals surface area contributed by atoms with Gasteiger partial charge in [-0.2, -0.15) is 8.42 Å². The molecule has 0 bridgehead atoms. The van der Waals surface area contributed by atoms with Gasteiger partial charge in [0.25, 0.3) is 10.1 Å². The van der Waals surface area contributed by atoms with Gasteiger partial charge in [-0.15, -0.1) is 0 Å². The van der Waals surface area contributed by atoms with Gasteiger partial charge in [-0.3, -0.25) is 14.1 Å². The summed E-state index contributed by atoms with van der Waals surface area (Å²) < 4.78 is 33.9. The van der Waals surface area contributed by atoms with Gasteiger partial charge in [-0.25, -0.2) is 0 Å². The van der Waals surface area contributed by atoms with E-state index >= 15 is 0 Å². The van der Waals surface area contributed by atoms with E-state index in [0.29, 0.717) is 5.56 Å². The van der Waals surface area contributed by atoms with Gasteiger partial charge in [0, 0.05) is 35.0 Å². The van der Waals surface area contributed by atoms with Crippen molar-refractivity contribution < 1.29 is 22.6 Å². The summed E-state index contributed by atoms with van der Waals surface area (Å²) in [6.45, 7) is 0. The zero-order chi connectivity index (χ0) is 21.8. The van der Waals surface area contributed by atoms with Crippen molar-refractivity contribution in [3.63, 3.8) is 0 Å². The van der Waals surface area contributed by atoms with Crippen molar-refractivity contribution in [2.75, 3.05) is 23.8 Å². The summed E-state index contributed by atoms with van der Waals surface area (Å²) in [4.78, 5) is 25.8. The number of benzene rings is 3. The third-order valence-electron chi connectivity index (χ3n) is 5.12. The maximum absolute atomic E-state index is 13.3. The van der Waals surface area contributed by atoms with Gasteiger partial charge in [0.1, 0.15) is 4.90 Å². The molecule has 0 amide bonds. The number of nitrogen functional groups attached to an aromatic ring is 2. The lowest BCUT2D eigenvalue weighted by Crippen LogP contribution is -2.26. The molecular weight excluding hydrogens is 406 g/mol. The summed E-state index contributed by atoms with van der Waals surface area (Å²) in [5.74, 6) is -1.12. The van der Waals surface area contributed by atoms with Crippen LogP contribution in [0.25, 0.3) is 11.1 Å². The molecule has 0 spiro atoms. The van der Waals surface area contributed by atoms with Crippen LogP contribution in [0, 0.1) is 0 Å². The van der Waals surface area contributed by atoms with Crippen LogP contribution in [0.15, 0.2) is 53.4 Å². The second-order valence-corrected chi connectivity index (χ2v) is 8.15. The Morgan fingerprint density at radius 3 is 1.80 bits per heavy atom. The Balaban J connectivity index is 2.17. The van der Waals surface area contributed by atoms with Crippen LogP contribution < -0.4 is 16.8 Å². The van der Waals surface area contributed by atoms with Gasteiger partial charge in [-0.1, -0.05) is 36.4 Å². The molecule has 152 valence electrons. The normalized spacial score (nSPS) is 13.0. The molecule has 1 aliphatic carbocycles. The average molecular weight is 423 g/mol. The predicted molar refractivity (Wildman–Crippen MR) is 113 cm³/mol. The van der Waals surface area contributed by atoms with Crippen LogP contribution in [0.2, 0.25) is 0 Å². The van der Waals surface area contributed by atoms with Crippen LogP contribution in [0.3, 0.4) is 0 Å². The number of hydrogen-bond donors (Lipinski definition) is 4. The quantitative estimate of drug-likeness (QED) is 0.290. The lowest BCUT2D eigenvalue weighted by molar-refractivity contribution is 0.0980. The van der Waals surface area contributed by atoms with Crippen molar-refractivity contribution in [3.05, 3.63) is 70.8 Å². The van der Waals surface area contributed by atoms with E-state index < -0.39 is 38.0 Å². The van der Waals surface area contributed by atoms with Crippen molar-refractivity contribution in [2.45, 2.75) is 4.90 Å². The molecule has 4 rings (SSSR count). The lowest BCUT2D eigenvalue weighted by atomic mass is 9.79. The summed E-state index contributed by atoms with van der Waals surface area (Å²) in [5, 5.41) is 2.95. The molecule has 0 radical (unpaired) electrons. The molecular formula is C21H17N3O5S. The summed E-state index contributed by atoms with van der Waals surface area (Å²) >= 11 is 0. The molecule has 9 heteroatoms. The highest BCUT2D eigenvalue weighted by Gasteiger charge is 2.38. The second kappa shape index (κ2) is 6.68. The zero-order valence-corrected chi connectivity index (χ0v) is 16.6. The third-order valence-corrected chi connectivity index (χ3v) is 6.07. The summed E-state index contributed by atoms with van der Waals surface area (Å²) in [5.41, 5.74) is 12.3. The smallest absolute Gasteiger partial charge is 0.298 e. The summed E-state index contributed by atoms with van der Waals surface area (Å²) in [7, 11) is -3.16. The van der Waals surface area contributed by atoms with E-state index in [2.05, 4.69) is 5.32 Å². The van der Waals surface area contributed by atoms with Crippen LogP contribution in [0.4, 0.5) is 17.1 Å². The van der Waals surface area contributed by atoms with Crippen molar-refractivity contribution in [1.29, 1.82) is 0 Å². The van der Waals surface area contributed by atoms with Crippen LogP contribution in [0.1, 0.15) is 31.8 Å². The number of carbonyl (C=O) groups excluding carboxylic acids is 2. The number of carbonyl (C=O) groups is 2. The largest absolute Gasteiger partial charge is 0.397 e. The van der Waals surface area contributed by atoms with Crippen LogP contribution in [-0.2, 0) is 10.1 Å². The van der Waals surface area contributed by atoms with E-state index in [9.17, 15) is 22.6 Å². The van der Waals surface area contributed by atoms with Gasteiger partial charge in [0.05, 0.1) is 16.9 Å². The van der Waals surface area contributed by atoms with E-state index in [0.717, 1.165) is 5.69 Å². The number of hydrogen-bond acceptors (Lipinski definition) is 7. The Hall–Kier alpha value is -3.69. The molecule has 8 nitrogen and oxygen atoms in total. The van der Waals surface area contributed by atoms with Crippen molar-refractivity contribution in [3.8, 4) is 11.1 Å². The number of rotatable bonds is 3. The fraction of sp³-hybridized carbons (Fsp3) is 0.0476. The SMILES string of the molecule is CNc1ccc(-c2c(N)c(S(=O)(=O)O)c(N)c3c2C(=O)c2ccccc2C3=O)cc1. The predicted octanol–water partition coefficient (Wildman–Crippen LogP) is 2.58. The van der Waals surface area contributed by atoms with E-state index in [1.54, 1.807) is 43.4 Å². The topological polar surface area (TPSA) is 153 Å². The summed E-state index contributed by atoms with van der Waals surface area (Å²) in [6.07, 6.45) is 0. The molecule has 0 atom stereocenters. The number of ketones is 2. The Labute approximate surface area is 172 Å². The third kappa shape index (κ3) is 2.75. The van der Waals surface area contributed by atoms with Gasteiger partial charge in [0.15, 0.2) is 11.6 Å². The fourth-order valence-corrected chi connectivity index (χ4v) is 4.52. The second-order valence-electron chi connectivity index (χ2n) is 6.79. The van der Waals surface area contributed by atoms with E-state index in [1.807, 2.05) is 0 Å². The lowest BCUT2D eigenvalue weighted by Gasteiger charge is -2.25. The van der Waals surface area contributed by atoms with Crippen LogP contribution in [-0.4, -0.2) is 31.6 Å². The van der Waals surface area contributed by atoms with Crippen LogP contribution in [0.5, 0.6) is 0 Å². The first-order chi connectivity index (χ1) is 14.2. The number of anilines is 3. The molecule has 0 aliphatic heterocycles. The molecule has 0 saturated carbocycles. The summed E-state index contributed by atoms with van der Waals surface area (Å²) in [6, 6.07) is 12.8. The maximum atomic E-state index is 13.3. The van der Waals surface area contributed by atoms with Crippen molar-refractivity contribution >= 4 is 38.7 Å².